The summed E-state index contributed by atoms with van der Waals surface area (Å²) in [5, 5.41) is 3.65. The van der Waals surface area contributed by atoms with Crippen LogP contribution in [-0.2, 0) is 0 Å². The Labute approximate surface area is 120 Å². The molecule has 0 amide bonds. The van der Waals surface area contributed by atoms with E-state index in [1.807, 2.05) is 0 Å². The molecule has 0 aromatic heterocycles. The fraction of sp³-hybridized carbons (Fsp3) is 1.00. The highest BCUT2D eigenvalue weighted by molar-refractivity contribution is 4.90. The van der Waals surface area contributed by atoms with Crippen LogP contribution in [0.2, 0.25) is 0 Å². The Hall–Kier alpha value is -0.0800. The number of hydrogen-bond donors (Lipinski definition) is 1. The first-order chi connectivity index (χ1) is 9.17. The van der Waals surface area contributed by atoms with Crippen LogP contribution in [0.1, 0.15) is 65.2 Å². The van der Waals surface area contributed by atoms with Crippen molar-refractivity contribution >= 4 is 0 Å². The van der Waals surface area contributed by atoms with Gasteiger partial charge in [-0.25, -0.2) is 0 Å². The molecule has 0 aromatic carbocycles. The molecule has 2 aliphatic carbocycles. The van der Waals surface area contributed by atoms with Gasteiger partial charge in [0.15, 0.2) is 0 Å². The molecule has 2 heteroatoms. The lowest BCUT2D eigenvalue weighted by molar-refractivity contribution is 0.113. The van der Waals surface area contributed by atoms with Crippen molar-refractivity contribution in [3.8, 4) is 0 Å². The molecule has 2 nitrogen and oxygen atoms in total. The second kappa shape index (κ2) is 7.08. The fourth-order valence-electron chi connectivity index (χ4n) is 3.87. The molecule has 112 valence electrons. The molecule has 0 aliphatic heterocycles. The molecule has 2 fully saturated rings. The molecule has 1 N–H and O–H groups in total. The van der Waals surface area contributed by atoms with Gasteiger partial charge in [-0.1, -0.05) is 32.6 Å². The van der Waals surface area contributed by atoms with Gasteiger partial charge in [0.1, 0.15) is 0 Å². The Morgan fingerprint density at radius 3 is 2.32 bits per heavy atom. The summed E-state index contributed by atoms with van der Waals surface area (Å²) in [6.45, 7) is 8.32. The zero-order chi connectivity index (χ0) is 13.7. The smallest absolute Gasteiger partial charge is 0.00923 e. The van der Waals surface area contributed by atoms with Crippen molar-refractivity contribution in [2.24, 2.45) is 11.3 Å². The zero-order valence-electron chi connectivity index (χ0n) is 13.4. The van der Waals surface area contributed by atoms with E-state index in [1.54, 1.807) is 0 Å². The van der Waals surface area contributed by atoms with Crippen molar-refractivity contribution < 1.29 is 0 Å². The molecule has 2 saturated carbocycles. The quantitative estimate of drug-likeness (QED) is 0.707. The van der Waals surface area contributed by atoms with Crippen molar-refractivity contribution in [1.82, 2.24) is 10.2 Å². The first-order valence-corrected chi connectivity index (χ1v) is 8.58. The van der Waals surface area contributed by atoms with E-state index < -0.39 is 0 Å². The van der Waals surface area contributed by atoms with E-state index in [4.69, 9.17) is 0 Å². The van der Waals surface area contributed by atoms with Crippen molar-refractivity contribution in [2.45, 2.75) is 71.3 Å². The van der Waals surface area contributed by atoms with Crippen LogP contribution < -0.4 is 5.32 Å². The first-order valence-electron chi connectivity index (χ1n) is 8.58. The van der Waals surface area contributed by atoms with Crippen LogP contribution in [0.4, 0.5) is 0 Å². The van der Waals surface area contributed by atoms with Gasteiger partial charge in [-0.15, -0.1) is 0 Å². The van der Waals surface area contributed by atoms with Gasteiger partial charge < -0.3 is 10.2 Å². The third-order valence-electron chi connectivity index (χ3n) is 5.50. The van der Waals surface area contributed by atoms with E-state index in [0.717, 1.165) is 18.5 Å². The van der Waals surface area contributed by atoms with Gasteiger partial charge in [0.2, 0.25) is 0 Å². The summed E-state index contributed by atoms with van der Waals surface area (Å²) in [5.41, 5.74) is 0.546. The molecule has 0 aromatic rings. The molecular formula is C17H34N2. The summed E-state index contributed by atoms with van der Waals surface area (Å²) in [5.74, 6) is 0.993. The van der Waals surface area contributed by atoms with Crippen LogP contribution in [0, 0.1) is 11.3 Å². The Morgan fingerprint density at radius 2 is 1.79 bits per heavy atom. The minimum atomic E-state index is 0.546. The largest absolute Gasteiger partial charge is 0.316 e. The summed E-state index contributed by atoms with van der Waals surface area (Å²) < 4.78 is 0. The monoisotopic (exact) mass is 266 g/mol. The third kappa shape index (κ3) is 4.46. The predicted molar refractivity (Wildman–Crippen MR) is 83.5 cm³/mol. The van der Waals surface area contributed by atoms with Crippen molar-refractivity contribution in [3.63, 3.8) is 0 Å². The SMILES string of the molecule is CCNCC1(CN(C)C(C)C2CC2)CCCCCC1. The van der Waals surface area contributed by atoms with E-state index in [9.17, 15) is 0 Å². The van der Waals surface area contributed by atoms with Crippen LogP contribution >= 0.6 is 0 Å². The highest BCUT2D eigenvalue weighted by atomic mass is 15.1. The van der Waals surface area contributed by atoms with E-state index in [0.29, 0.717) is 5.41 Å². The van der Waals surface area contributed by atoms with Gasteiger partial charge >= 0.3 is 0 Å². The molecule has 0 saturated heterocycles. The molecule has 1 unspecified atom stereocenters. The van der Waals surface area contributed by atoms with Crippen molar-refractivity contribution in [3.05, 3.63) is 0 Å². The van der Waals surface area contributed by atoms with Crippen LogP contribution in [0.3, 0.4) is 0 Å². The highest BCUT2D eigenvalue weighted by Crippen LogP contribution is 2.39. The van der Waals surface area contributed by atoms with E-state index in [1.165, 1.54) is 64.5 Å². The van der Waals surface area contributed by atoms with Gasteiger partial charge in [0.05, 0.1) is 0 Å². The van der Waals surface area contributed by atoms with Gasteiger partial charge in [0, 0.05) is 19.1 Å². The molecule has 19 heavy (non-hydrogen) atoms. The summed E-state index contributed by atoms with van der Waals surface area (Å²) in [7, 11) is 2.36. The summed E-state index contributed by atoms with van der Waals surface area (Å²) in [4.78, 5) is 2.67. The van der Waals surface area contributed by atoms with E-state index in [2.05, 4.69) is 31.1 Å². The first kappa shape index (κ1) is 15.3. The number of rotatable bonds is 7. The van der Waals surface area contributed by atoms with E-state index in [-0.39, 0.29) is 0 Å². The summed E-state index contributed by atoms with van der Waals surface area (Å²) in [6.07, 6.45) is 11.6. The lowest BCUT2D eigenvalue weighted by Crippen LogP contribution is -2.46. The second-order valence-corrected chi connectivity index (χ2v) is 7.19. The average Bonchev–Trinajstić information content (AvgIpc) is 3.23. The van der Waals surface area contributed by atoms with E-state index >= 15 is 0 Å². The van der Waals surface area contributed by atoms with Crippen LogP contribution in [-0.4, -0.2) is 37.6 Å². The third-order valence-corrected chi connectivity index (χ3v) is 5.50. The zero-order valence-corrected chi connectivity index (χ0v) is 13.4. The molecule has 2 rings (SSSR count). The lowest BCUT2D eigenvalue weighted by atomic mass is 9.79. The van der Waals surface area contributed by atoms with Gasteiger partial charge in [-0.2, -0.15) is 0 Å². The topological polar surface area (TPSA) is 15.3 Å². The molecular weight excluding hydrogens is 232 g/mol. The second-order valence-electron chi connectivity index (χ2n) is 7.19. The molecule has 1 atom stereocenters. The highest BCUT2D eigenvalue weighted by Gasteiger charge is 2.36. The van der Waals surface area contributed by atoms with Crippen molar-refractivity contribution in [1.29, 1.82) is 0 Å². The van der Waals surface area contributed by atoms with Crippen LogP contribution in [0.25, 0.3) is 0 Å². The van der Waals surface area contributed by atoms with Crippen LogP contribution in [0.5, 0.6) is 0 Å². The number of nitrogens with zero attached hydrogens (tertiary/aromatic N) is 1. The summed E-state index contributed by atoms with van der Waals surface area (Å²) >= 11 is 0. The molecule has 2 aliphatic rings. The lowest BCUT2D eigenvalue weighted by Gasteiger charge is -2.39. The molecule has 0 heterocycles. The molecule has 0 radical (unpaired) electrons. The number of nitrogens with one attached hydrogen (secondary N) is 1. The van der Waals surface area contributed by atoms with Crippen molar-refractivity contribution in [2.75, 3.05) is 26.7 Å². The minimum absolute atomic E-state index is 0.546. The van der Waals surface area contributed by atoms with Crippen LogP contribution in [0.15, 0.2) is 0 Å². The van der Waals surface area contributed by atoms with Gasteiger partial charge in [-0.05, 0) is 57.5 Å². The Balaban J connectivity index is 1.94. The Kier molecular flexibility index (Phi) is 5.70. The Morgan fingerprint density at radius 1 is 1.16 bits per heavy atom. The average molecular weight is 266 g/mol. The number of hydrogen-bond acceptors (Lipinski definition) is 2. The Bertz CT molecular complexity index is 252. The standard InChI is InChI=1S/C17H34N2/c1-4-18-13-17(11-7-5-6-8-12-17)14-19(3)15(2)16-9-10-16/h15-16,18H,4-14H2,1-3H3. The van der Waals surface area contributed by atoms with Gasteiger partial charge in [-0.3, -0.25) is 0 Å². The maximum Gasteiger partial charge on any atom is 0.00923 e. The van der Waals surface area contributed by atoms with Gasteiger partial charge in [0.25, 0.3) is 0 Å². The maximum absolute atomic E-state index is 3.65. The molecule has 0 bridgehead atoms. The predicted octanol–water partition coefficient (Wildman–Crippen LogP) is 3.67. The summed E-state index contributed by atoms with van der Waals surface area (Å²) in [6, 6.07) is 0.793. The minimum Gasteiger partial charge on any atom is -0.316 e. The maximum atomic E-state index is 3.65. The normalized spacial score (nSPS) is 25.3. The molecule has 0 spiro atoms. The fourth-order valence-corrected chi connectivity index (χ4v) is 3.87.